The summed E-state index contributed by atoms with van der Waals surface area (Å²) in [5, 5.41) is 3.01. The zero-order valence-electron chi connectivity index (χ0n) is 16.2. The molecule has 0 bridgehead atoms. The third-order valence-corrected chi connectivity index (χ3v) is 6.94. The van der Waals surface area contributed by atoms with Crippen molar-refractivity contribution < 1.29 is 17.9 Å². The lowest BCUT2D eigenvalue weighted by Gasteiger charge is -2.26. The minimum Gasteiger partial charge on any atom is -0.379 e. The average molecular weight is 438 g/mol. The van der Waals surface area contributed by atoms with Crippen molar-refractivity contribution in [3.05, 3.63) is 59.1 Å². The third kappa shape index (κ3) is 5.27. The van der Waals surface area contributed by atoms with Crippen molar-refractivity contribution in [2.45, 2.75) is 4.90 Å². The molecule has 2 aromatic carbocycles. The molecule has 1 aliphatic rings. The molecule has 1 amide bonds. The van der Waals surface area contributed by atoms with E-state index in [-0.39, 0.29) is 28.6 Å². The van der Waals surface area contributed by atoms with Crippen LogP contribution in [0.25, 0.3) is 0 Å². The zero-order chi connectivity index (χ0) is 20.9. The van der Waals surface area contributed by atoms with E-state index in [1.807, 2.05) is 42.3 Å². The Kier molecular flexibility index (Phi) is 7.13. The van der Waals surface area contributed by atoms with Crippen molar-refractivity contribution in [1.29, 1.82) is 0 Å². The van der Waals surface area contributed by atoms with Gasteiger partial charge in [0.1, 0.15) is 0 Å². The number of amides is 1. The van der Waals surface area contributed by atoms with Gasteiger partial charge in [-0.15, -0.1) is 0 Å². The van der Waals surface area contributed by atoms with Gasteiger partial charge in [-0.3, -0.25) is 4.79 Å². The predicted octanol–water partition coefficient (Wildman–Crippen LogP) is 2.23. The zero-order valence-corrected chi connectivity index (χ0v) is 17.7. The highest BCUT2D eigenvalue weighted by atomic mass is 35.5. The largest absolute Gasteiger partial charge is 0.379 e. The Morgan fingerprint density at radius 3 is 2.55 bits per heavy atom. The molecule has 0 saturated carbocycles. The Bertz CT molecular complexity index is 947. The number of carbonyl (C=O) groups excluding carboxylic acids is 1. The lowest BCUT2D eigenvalue weighted by molar-refractivity contribution is 0.0730. The van der Waals surface area contributed by atoms with Crippen LogP contribution >= 0.6 is 11.6 Å². The smallest absolute Gasteiger partial charge is 0.252 e. The van der Waals surface area contributed by atoms with Crippen molar-refractivity contribution in [2.24, 2.45) is 0 Å². The highest BCUT2D eigenvalue weighted by Crippen LogP contribution is 2.23. The molecular formula is C20H24ClN3O4S. The number of rotatable bonds is 7. The van der Waals surface area contributed by atoms with E-state index >= 15 is 0 Å². The van der Waals surface area contributed by atoms with Gasteiger partial charge in [0.25, 0.3) is 5.91 Å². The van der Waals surface area contributed by atoms with Gasteiger partial charge >= 0.3 is 0 Å². The predicted molar refractivity (Wildman–Crippen MR) is 113 cm³/mol. The molecule has 1 fully saturated rings. The van der Waals surface area contributed by atoms with Crippen molar-refractivity contribution in [3.63, 3.8) is 0 Å². The van der Waals surface area contributed by atoms with Crippen molar-refractivity contribution in [2.75, 3.05) is 51.3 Å². The second-order valence-electron chi connectivity index (χ2n) is 6.67. The number of para-hydroxylation sites is 1. The number of carbonyl (C=O) groups is 1. The number of nitrogens with zero attached hydrogens (tertiary/aromatic N) is 2. The van der Waals surface area contributed by atoms with Crippen LogP contribution in [-0.2, 0) is 14.8 Å². The van der Waals surface area contributed by atoms with E-state index in [4.69, 9.17) is 16.3 Å². The SMILES string of the molecule is CN(CCNC(=O)c1cc(S(=O)(=O)N2CCOCC2)ccc1Cl)c1ccccc1. The molecule has 0 atom stereocenters. The van der Waals surface area contributed by atoms with Gasteiger partial charge in [0.05, 0.1) is 28.7 Å². The number of benzene rings is 2. The third-order valence-electron chi connectivity index (χ3n) is 4.72. The van der Waals surface area contributed by atoms with Crippen LogP contribution < -0.4 is 10.2 Å². The lowest BCUT2D eigenvalue weighted by atomic mass is 10.2. The molecule has 1 N–H and O–H groups in total. The van der Waals surface area contributed by atoms with Crippen LogP contribution in [0.1, 0.15) is 10.4 Å². The maximum absolute atomic E-state index is 12.8. The maximum atomic E-state index is 12.8. The van der Waals surface area contributed by atoms with Gasteiger partial charge in [0.2, 0.25) is 10.0 Å². The molecule has 2 aromatic rings. The van der Waals surface area contributed by atoms with E-state index in [0.717, 1.165) is 5.69 Å². The summed E-state index contributed by atoms with van der Waals surface area (Å²) in [5.41, 5.74) is 1.18. The normalized spacial score (nSPS) is 15.1. The topological polar surface area (TPSA) is 79.0 Å². The number of nitrogens with one attached hydrogen (secondary N) is 1. The van der Waals surface area contributed by atoms with Crippen molar-refractivity contribution in [1.82, 2.24) is 9.62 Å². The van der Waals surface area contributed by atoms with Gasteiger partial charge in [-0.1, -0.05) is 29.8 Å². The molecule has 1 heterocycles. The minimum atomic E-state index is -3.70. The molecule has 9 heteroatoms. The number of likely N-dealkylation sites (N-methyl/N-ethyl adjacent to an activating group) is 1. The summed E-state index contributed by atoms with van der Waals surface area (Å²) in [6.45, 7) is 2.28. The first-order chi connectivity index (χ1) is 13.9. The Morgan fingerprint density at radius 1 is 1.17 bits per heavy atom. The molecule has 7 nitrogen and oxygen atoms in total. The van der Waals surface area contributed by atoms with E-state index in [9.17, 15) is 13.2 Å². The Hall–Kier alpha value is -2.13. The van der Waals surface area contributed by atoms with Gasteiger partial charge in [-0.2, -0.15) is 4.31 Å². The van der Waals surface area contributed by atoms with Crippen LogP contribution in [0.2, 0.25) is 5.02 Å². The number of morpholine rings is 1. The fraction of sp³-hybridized carbons (Fsp3) is 0.350. The minimum absolute atomic E-state index is 0.0513. The monoisotopic (exact) mass is 437 g/mol. The number of hydrogen-bond acceptors (Lipinski definition) is 5. The van der Waals surface area contributed by atoms with E-state index in [0.29, 0.717) is 26.3 Å². The first kappa shape index (κ1) is 21.6. The van der Waals surface area contributed by atoms with Gasteiger partial charge < -0.3 is 15.0 Å². The fourth-order valence-electron chi connectivity index (χ4n) is 3.02. The number of anilines is 1. The highest BCUT2D eigenvalue weighted by molar-refractivity contribution is 7.89. The average Bonchev–Trinajstić information content (AvgIpc) is 2.75. The van der Waals surface area contributed by atoms with Crippen LogP contribution in [0.15, 0.2) is 53.4 Å². The second kappa shape index (κ2) is 9.58. The maximum Gasteiger partial charge on any atom is 0.252 e. The summed E-state index contributed by atoms with van der Waals surface area (Å²) in [7, 11) is -1.76. The number of ether oxygens (including phenoxy) is 1. The summed E-state index contributed by atoms with van der Waals surface area (Å²) in [4.78, 5) is 14.7. The van der Waals surface area contributed by atoms with Gasteiger partial charge in [0, 0.05) is 38.9 Å². The molecule has 0 aromatic heterocycles. The number of hydrogen-bond donors (Lipinski definition) is 1. The summed E-state index contributed by atoms with van der Waals surface area (Å²) in [6, 6.07) is 14.0. The molecule has 0 radical (unpaired) electrons. The standard InChI is InChI=1S/C20H24ClN3O4S/c1-23(16-5-3-2-4-6-16)10-9-22-20(25)18-15-17(7-8-19(18)21)29(26,27)24-11-13-28-14-12-24/h2-8,15H,9-14H2,1H3,(H,22,25). The molecule has 3 rings (SSSR count). The van der Waals surface area contributed by atoms with Gasteiger partial charge in [-0.05, 0) is 30.3 Å². The van der Waals surface area contributed by atoms with Crippen molar-refractivity contribution >= 4 is 33.2 Å². The second-order valence-corrected chi connectivity index (χ2v) is 9.02. The fourth-order valence-corrected chi connectivity index (χ4v) is 4.66. The molecule has 29 heavy (non-hydrogen) atoms. The Morgan fingerprint density at radius 2 is 1.86 bits per heavy atom. The lowest BCUT2D eigenvalue weighted by Crippen LogP contribution is -2.40. The summed E-state index contributed by atoms with van der Waals surface area (Å²) in [5.74, 6) is -0.407. The van der Waals surface area contributed by atoms with E-state index < -0.39 is 15.9 Å². The number of sulfonamides is 1. The van der Waals surface area contributed by atoms with E-state index in [2.05, 4.69) is 5.32 Å². The Labute approximate surface area is 176 Å². The van der Waals surface area contributed by atoms with Gasteiger partial charge in [0.15, 0.2) is 0 Å². The first-order valence-electron chi connectivity index (χ1n) is 9.31. The number of halogens is 1. The molecule has 1 saturated heterocycles. The molecular weight excluding hydrogens is 414 g/mol. The van der Waals surface area contributed by atoms with Crippen molar-refractivity contribution in [3.8, 4) is 0 Å². The molecule has 156 valence electrons. The van der Waals surface area contributed by atoms with Crippen LogP contribution in [0.5, 0.6) is 0 Å². The highest BCUT2D eigenvalue weighted by Gasteiger charge is 2.27. The van der Waals surface area contributed by atoms with Crippen LogP contribution in [-0.4, -0.2) is 65.1 Å². The molecule has 0 unspecified atom stereocenters. The molecule has 0 aliphatic carbocycles. The summed E-state index contributed by atoms with van der Waals surface area (Å²) < 4.78 is 32.2. The summed E-state index contributed by atoms with van der Waals surface area (Å²) in [6.07, 6.45) is 0. The summed E-state index contributed by atoms with van der Waals surface area (Å²) >= 11 is 6.16. The molecule has 1 aliphatic heterocycles. The first-order valence-corrected chi connectivity index (χ1v) is 11.1. The van der Waals surface area contributed by atoms with Crippen LogP contribution in [0.4, 0.5) is 5.69 Å². The van der Waals surface area contributed by atoms with E-state index in [1.54, 1.807) is 0 Å². The van der Waals surface area contributed by atoms with Gasteiger partial charge in [-0.25, -0.2) is 8.42 Å². The van der Waals surface area contributed by atoms with Crippen LogP contribution in [0, 0.1) is 0 Å². The van der Waals surface area contributed by atoms with E-state index in [1.165, 1.54) is 22.5 Å². The molecule has 0 spiro atoms. The van der Waals surface area contributed by atoms with Crippen LogP contribution in [0.3, 0.4) is 0 Å². The quantitative estimate of drug-likeness (QED) is 0.718. The Balaban J connectivity index is 1.66.